The standard InChI is InChI=1S/C16H19N5/c1-2-5-15(6-3-1)21-13-14(12-20-21)11-17-8-4-7-16-18-9-10-19-16/h1-3,5-6,9-10,12-13,17H,4,7-8,11H2,(H,18,19). The third-order valence-electron chi connectivity index (χ3n) is 3.31. The number of hydrogen-bond acceptors (Lipinski definition) is 3. The molecule has 0 atom stereocenters. The lowest BCUT2D eigenvalue weighted by molar-refractivity contribution is 0.641. The number of hydrogen-bond donors (Lipinski definition) is 2. The summed E-state index contributed by atoms with van der Waals surface area (Å²) in [5, 5.41) is 7.82. The lowest BCUT2D eigenvalue weighted by Crippen LogP contribution is -2.15. The second-order valence-electron chi connectivity index (χ2n) is 4.94. The van der Waals surface area contributed by atoms with E-state index in [0.717, 1.165) is 37.4 Å². The van der Waals surface area contributed by atoms with Crippen molar-refractivity contribution in [3.05, 3.63) is 66.5 Å². The van der Waals surface area contributed by atoms with E-state index in [1.807, 2.05) is 47.4 Å². The SMILES string of the molecule is c1ccc(-n2cc(CNCCCc3ncc[nH]3)cn2)cc1. The number of aromatic amines is 1. The van der Waals surface area contributed by atoms with Gasteiger partial charge in [-0.05, 0) is 25.1 Å². The molecule has 3 aromatic rings. The van der Waals surface area contributed by atoms with Crippen molar-refractivity contribution >= 4 is 0 Å². The predicted octanol–water partition coefficient (Wildman–Crippen LogP) is 2.32. The predicted molar refractivity (Wildman–Crippen MR) is 82.2 cm³/mol. The molecule has 2 aromatic heterocycles. The van der Waals surface area contributed by atoms with E-state index in [0.29, 0.717) is 0 Å². The van der Waals surface area contributed by atoms with Crippen LogP contribution >= 0.6 is 0 Å². The number of benzene rings is 1. The first-order chi connectivity index (χ1) is 10.4. The maximum absolute atomic E-state index is 4.39. The number of imidazole rings is 1. The Morgan fingerprint density at radius 3 is 2.90 bits per heavy atom. The minimum atomic E-state index is 0.838. The Labute approximate surface area is 124 Å². The summed E-state index contributed by atoms with van der Waals surface area (Å²) in [5.74, 6) is 1.05. The highest BCUT2D eigenvalue weighted by Gasteiger charge is 2.00. The molecule has 2 N–H and O–H groups in total. The average Bonchev–Trinajstić information content (AvgIpc) is 3.19. The topological polar surface area (TPSA) is 58.5 Å². The highest BCUT2D eigenvalue weighted by molar-refractivity contribution is 5.30. The van der Waals surface area contributed by atoms with Crippen molar-refractivity contribution in [3.63, 3.8) is 0 Å². The summed E-state index contributed by atoms with van der Waals surface area (Å²) >= 11 is 0. The minimum Gasteiger partial charge on any atom is -0.349 e. The molecule has 0 unspecified atom stereocenters. The van der Waals surface area contributed by atoms with Crippen LogP contribution in [0.5, 0.6) is 0 Å². The van der Waals surface area contributed by atoms with Crippen LogP contribution in [0.25, 0.3) is 5.69 Å². The minimum absolute atomic E-state index is 0.838. The Morgan fingerprint density at radius 2 is 2.10 bits per heavy atom. The Hall–Kier alpha value is -2.40. The molecule has 1 aromatic carbocycles. The number of para-hydroxylation sites is 1. The van der Waals surface area contributed by atoms with Gasteiger partial charge in [0, 0.05) is 37.1 Å². The number of rotatable bonds is 7. The van der Waals surface area contributed by atoms with Crippen molar-refractivity contribution in [2.24, 2.45) is 0 Å². The zero-order valence-corrected chi connectivity index (χ0v) is 11.9. The molecule has 0 amide bonds. The van der Waals surface area contributed by atoms with E-state index < -0.39 is 0 Å². The third-order valence-corrected chi connectivity index (χ3v) is 3.31. The van der Waals surface area contributed by atoms with E-state index in [-0.39, 0.29) is 0 Å². The first-order valence-corrected chi connectivity index (χ1v) is 7.20. The highest BCUT2D eigenvalue weighted by Crippen LogP contribution is 2.07. The van der Waals surface area contributed by atoms with E-state index >= 15 is 0 Å². The van der Waals surface area contributed by atoms with E-state index in [1.165, 1.54) is 5.56 Å². The van der Waals surface area contributed by atoms with E-state index in [1.54, 1.807) is 6.20 Å². The molecular weight excluding hydrogens is 262 g/mol. The lowest BCUT2D eigenvalue weighted by Gasteiger charge is -2.02. The van der Waals surface area contributed by atoms with Gasteiger partial charge in [0.1, 0.15) is 5.82 Å². The van der Waals surface area contributed by atoms with Crippen LogP contribution in [-0.2, 0) is 13.0 Å². The second-order valence-corrected chi connectivity index (χ2v) is 4.94. The number of aryl methyl sites for hydroxylation is 1. The van der Waals surface area contributed by atoms with Crippen LogP contribution in [0.3, 0.4) is 0 Å². The average molecular weight is 281 g/mol. The Kier molecular flexibility index (Phi) is 4.43. The first-order valence-electron chi connectivity index (χ1n) is 7.20. The van der Waals surface area contributed by atoms with Crippen LogP contribution in [0.2, 0.25) is 0 Å². The van der Waals surface area contributed by atoms with Gasteiger partial charge in [-0.25, -0.2) is 9.67 Å². The molecule has 0 radical (unpaired) electrons. The molecule has 2 heterocycles. The third kappa shape index (κ3) is 3.79. The number of aromatic nitrogens is 4. The fourth-order valence-electron chi connectivity index (χ4n) is 2.22. The molecule has 108 valence electrons. The molecule has 3 rings (SSSR count). The number of nitrogens with zero attached hydrogens (tertiary/aromatic N) is 3. The monoisotopic (exact) mass is 281 g/mol. The van der Waals surface area contributed by atoms with Crippen molar-refractivity contribution in [3.8, 4) is 5.69 Å². The summed E-state index contributed by atoms with van der Waals surface area (Å²) < 4.78 is 1.90. The van der Waals surface area contributed by atoms with Crippen LogP contribution in [0.15, 0.2) is 55.1 Å². The van der Waals surface area contributed by atoms with Crippen molar-refractivity contribution in [1.29, 1.82) is 0 Å². The summed E-state index contributed by atoms with van der Waals surface area (Å²) in [6.07, 6.45) is 9.67. The van der Waals surface area contributed by atoms with Gasteiger partial charge >= 0.3 is 0 Å². The van der Waals surface area contributed by atoms with Gasteiger partial charge in [0.25, 0.3) is 0 Å². The Balaban J connectivity index is 1.43. The fourth-order valence-corrected chi connectivity index (χ4v) is 2.22. The molecule has 0 aliphatic heterocycles. The normalized spacial score (nSPS) is 10.9. The van der Waals surface area contributed by atoms with Gasteiger partial charge in [-0.3, -0.25) is 0 Å². The van der Waals surface area contributed by atoms with Gasteiger partial charge in [-0.2, -0.15) is 5.10 Å². The molecular formula is C16H19N5. The first kappa shape index (κ1) is 13.6. The van der Waals surface area contributed by atoms with Crippen LogP contribution in [-0.4, -0.2) is 26.3 Å². The quantitative estimate of drug-likeness (QED) is 0.653. The van der Waals surface area contributed by atoms with Gasteiger partial charge < -0.3 is 10.3 Å². The van der Waals surface area contributed by atoms with Crippen molar-refractivity contribution in [2.45, 2.75) is 19.4 Å². The summed E-state index contributed by atoms with van der Waals surface area (Å²) in [4.78, 5) is 7.33. The molecule has 5 nitrogen and oxygen atoms in total. The van der Waals surface area contributed by atoms with Gasteiger partial charge in [0.2, 0.25) is 0 Å². The fraction of sp³-hybridized carbons (Fsp3) is 0.250. The van der Waals surface area contributed by atoms with Crippen molar-refractivity contribution in [2.75, 3.05) is 6.54 Å². The molecule has 0 fully saturated rings. The number of H-pyrrole nitrogens is 1. The van der Waals surface area contributed by atoms with Crippen LogP contribution in [0, 0.1) is 0 Å². The summed E-state index contributed by atoms with van der Waals surface area (Å²) in [6, 6.07) is 10.1. The van der Waals surface area contributed by atoms with Gasteiger partial charge in [-0.1, -0.05) is 18.2 Å². The molecule has 0 aliphatic carbocycles. The molecule has 21 heavy (non-hydrogen) atoms. The van der Waals surface area contributed by atoms with Gasteiger partial charge in [0.15, 0.2) is 0 Å². The smallest absolute Gasteiger partial charge is 0.106 e. The largest absolute Gasteiger partial charge is 0.349 e. The molecule has 0 bridgehead atoms. The number of nitrogens with one attached hydrogen (secondary N) is 2. The summed E-state index contributed by atoms with van der Waals surface area (Å²) in [6.45, 7) is 1.81. The lowest BCUT2D eigenvalue weighted by atomic mass is 10.3. The Bertz CT molecular complexity index is 642. The molecule has 0 saturated carbocycles. The van der Waals surface area contributed by atoms with E-state index in [4.69, 9.17) is 0 Å². The maximum Gasteiger partial charge on any atom is 0.106 e. The summed E-state index contributed by atoms with van der Waals surface area (Å²) in [5.41, 5.74) is 2.28. The maximum atomic E-state index is 4.39. The van der Waals surface area contributed by atoms with Gasteiger partial charge in [-0.15, -0.1) is 0 Å². The van der Waals surface area contributed by atoms with Gasteiger partial charge in [0.05, 0.1) is 11.9 Å². The second kappa shape index (κ2) is 6.85. The zero-order valence-electron chi connectivity index (χ0n) is 11.9. The molecule has 0 spiro atoms. The van der Waals surface area contributed by atoms with Crippen LogP contribution in [0.4, 0.5) is 0 Å². The van der Waals surface area contributed by atoms with E-state index in [2.05, 4.69) is 26.6 Å². The van der Waals surface area contributed by atoms with Crippen LogP contribution < -0.4 is 5.32 Å². The molecule has 0 aliphatic rings. The molecule has 0 saturated heterocycles. The molecule has 5 heteroatoms. The Morgan fingerprint density at radius 1 is 1.19 bits per heavy atom. The van der Waals surface area contributed by atoms with Crippen molar-refractivity contribution in [1.82, 2.24) is 25.1 Å². The highest BCUT2D eigenvalue weighted by atomic mass is 15.3. The van der Waals surface area contributed by atoms with E-state index in [9.17, 15) is 0 Å². The van der Waals surface area contributed by atoms with Crippen LogP contribution in [0.1, 0.15) is 17.8 Å². The zero-order chi connectivity index (χ0) is 14.3. The van der Waals surface area contributed by atoms with Crippen molar-refractivity contribution < 1.29 is 0 Å². The summed E-state index contributed by atoms with van der Waals surface area (Å²) in [7, 11) is 0.